The molecule has 1 aromatic carbocycles. The van der Waals surface area contributed by atoms with E-state index in [1.807, 2.05) is 18.7 Å². The molecule has 1 saturated heterocycles. The van der Waals surface area contributed by atoms with Crippen LogP contribution in [0.1, 0.15) is 20.3 Å². The van der Waals surface area contributed by atoms with Crippen molar-refractivity contribution in [2.45, 2.75) is 31.3 Å². The van der Waals surface area contributed by atoms with Crippen LogP contribution >= 0.6 is 0 Å². The van der Waals surface area contributed by atoms with E-state index in [0.717, 1.165) is 25.2 Å². The highest BCUT2D eigenvalue weighted by molar-refractivity contribution is 7.89. The van der Waals surface area contributed by atoms with Gasteiger partial charge in [0, 0.05) is 32.0 Å². The Labute approximate surface area is 158 Å². The van der Waals surface area contributed by atoms with Gasteiger partial charge in [-0.25, -0.2) is 22.8 Å². The van der Waals surface area contributed by atoms with Crippen LogP contribution in [0.5, 0.6) is 5.88 Å². The summed E-state index contributed by atoms with van der Waals surface area (Å²) < 4.78 is 45.9. The highest BCUT2D eigenvalue weighted by Gasteiger charge is 2.34. The van der Waals surface area contributed by atoms with Crippen LogP contribution in [0.25, 0.3) is 0 Å². The molecular formula is C18H23FN4O3S. The van der Waals surface area contributed by atoms with Gasteiger partial charge in [-0.1, -0.05) is 0 Å². The average molecular weight is 394 g/mol. The second kappa shape index (κ2) is 8.18. The Morgan fingerprint density at radius 2 is 1.85 bits per heavy atom. The second-order valence-corrected chi connectivity index (χ2v) is 8.14. The Hall–Kier alpha value is -2.26. The maximum absolute atomic E-state index is 13.1. The highest BCUT2D eigenvalue weighted by Crippen LogP contribution is 2.27. The molecule has 1 aromatic heterocycles. The fourth-order valence-corrected chi connectivity index (χ4v) is 4.55. The SMILES string of the molecule is CCN(CC)c1nccnc1OC1CCN(S(=O)(=O)c2ccc(F)cc2)C1. The maximum atomic E-state index is 13.1. The molecule has 0 bridgehead atoms. The molecular weight excluding hydrogens is 371 g/mol. The lowest BCUT2D eigenvalue weighted by atomic mass is 10.3. The molecule has 0 amide bonds. The summed E-state index contributed by atoms with van der Waals surface area (Å²) in [5.41, 5.74) is 0. The van der Waals surface area contributed by atoms with E-state index in [9.17, 15) is 12.8 Å². The summed E-state index contributed by atoms with van der Waals surface area (Å²) in [6, 6.07) is 4.85. The predicted molar refractivity (Wildman–Crippen MR) is 99.8 cm³/mol. The van der Waals surface area contributed by atoms with E-state index in [-0.39, 0.29) is 17.5 Å². The number of hydrogen-bond acceptors (Lipinski definition) is 6. The normalized spacial score (nSPS) is 17.8. The summed E-state index contributed by atoms with van der Waals surface area (Å²) >= 11 is 0. The third kappa shape index (κ3) is 4.19. The largest absolute Gasteiger partial charge is 0.470 e. The summed E-state index contributed by atoms with van der Waals surface area (Å²) in [6.07, 6.45) is 3.41. The first kappa shape index (κ1) is 19.5. The van der Waals surface area contributed by atoms with E-state index >= 15 is 0 Å². The van der Waals surface area contributed by atoms with Crippen molar-refractivity contribution in [2.75, 3.05) is 31.1 Å². The first-order chi connectivity index (χ1) is 13.0. The fourth-order valence-electron chi connectivity index (χ4n) is 3.07. The summed E-state index contributed by atoms with van der Waals surface area (Å²) in [7, 11) is -3.68. The number of ether oxygens (including phenoxy) is 1. The number of rotatable bonds is 7. The van der Waals surface area contributed by atoms with Crippen molar-refractivity contribution < 1.29 is 17.5 Å². The van der Waals surface area contributed by atoms with Crippen molar-refractivity contribution in [3.8, 4) is 5.88 Å². The number of benzene rings is 1. The lowest BCUT2D eigenvalue weighted by Gasteiger charge is -2.23. The lowest BCUT2D eigenvalue weighted by Crippen LogP contribution is -2.31. The Kier molecular flexibility index (Phi) is 5.91. The van der Waals surface area contributed by atoms with Crippen molar-refractivity contribution in [3.63, 3.8) is 0 Å². The maximum Gasteiger partial charge on any atom is 0.257 e. The lowest BCUT2D eigenvalue weighted by molar-refractivity contribution is 0.206. The number of anilines is 1. The van der Waals surface area contributed by atoms with Crippen molar-refractivity contribution in [1.82, 2.24) is 14.3 Å². The molecule has 1 aliphatic heterocycles. The number of nitrogens with zero attached hydrogens (tertiary/aromatic N) is 4. The van der Waals surface area contributed by atoms with Gasteiger partial charge in [-0.2, -0.15) is 4.31 Å². The van der Waals surface area contributed by atoms with E-state index in [1.54, 1.807) is 12.4 Å². The molecule has 1 fully saturated rings. The molecule has 0 N–H and O–H groups in total. The predicted octanol–water partition coefficient (Wildman–Crippen LogP) is 2.30. The Balaban J connectivity index is 1.73. The second-order valence-electron chi connectivity index (χ2n) is 6.20. The Morgan fingerprint density at radius 3 is 2.52 bits per heavy atom. The number of sulfonamides is 1. The zero-order valence-electron chi connectivity index (χ0n) is 15.4. The smallest absolute Gasteiger partial charge is 0.257 e. The first-order valence-electron chi connectivity index (χ1n) is 8.94. The summed E-state index contributed by atoms with van der Waals surface area (Å²) in [6.45, 7) is 6.13. The van der Waals surface area contributed by atoms with Gasteiger partial charge in [0.25, 0.3) is 5.88 Å². The van der Waals surface area contributed by atoms with E-state index in [0.29, 0.717) is 24.7 Å². The van der Waals surface area contributed by atoms with Gasteiger partial charge in [0.05, 0.1) is 11.4 Å². The molecule has 7 nitrogen and oxygen atoms in total. The van der Waals surface area contributed by atoms with Gasteiger partial charge >= 0.3 is 0 Å². The molecule has 0 spiro atoms. The molecule has 146 valence electrons. The van der Waals surface area contributed by atoms with Gasteiger partial charge in [0.15, 0.2) is 5.82 Å². The minimum Gasteiger partial charge on any atom is -0.470 e. The molecule has 9 heteroatoms. The first-order valence-corrected chi connectivity index (χ1v) is 10.4. The minimum atomic E-state index is -3.68. The van der Waals surface area contributed by atoms with Gasteiger partial charge in [0.2, 0.25) is 10.0 Å². The van der Waals surface area contributed by atoms with Gasteiger partial charge in [-0.05, 0) is 44.5 Å². The minimum absolute atomic E-state index is 0.0767. The van der Waals surface area contributed by atoms with Crippen molar-refractivity contribution in [3.05, 3.63) is 42.5 Å². The standard InChI is InChI=1S/C18H23FN4O3S/c1-3-22(4-2)17-18(21-11-10-20-17)26-15-9-12-23(13-15)27(24,25)16-7-5-14(19)6-8-16/h5-8,10-11,15H,3-4,9,12-13H2,1-2H3. The third-order valence-corrected chi connectivity index (χ3v) is 6.43. The summed E-state index contributed by atoms with van der Waals surface area (Å²) in [4.78, 5) is 10.7. The monoisotopic (exact) mass is 394 g/mol. The Morgan fingerprint density at radius 1 is 1.19 bits per heavy atom. The average Bonchev–Trinajstić information content (AvgIpc) is 3.14. The zero-order valence-corrected chi connectivity index (χ0v) is 16.2. The number of halogens is 1. The van der Waals surface area contributed by atoms with Crippen LogP contribution in [0.3, 0.4) is 0 Å². The van der Waals surface area contributed by atoms with E-state index in [4.69, 9.17) is 4.74 Å². The van der Waals surface area contributed by atoms with Gasteiger partial charge in [-0.3, -0.25) is 0 Å². The molecule has 1 unspecified atom stereocenters. The van der Waals surface area contributed by atoms with Crippen molar-refractivity contribution in [2.24, 2.45) is 0 Å². The zero-order chi connectivity index (χ0) is 19.4. The highest BCUT2D eigenvalue weighted by atomic mass is 32.2. The van der Waals surface area contributed by atoms with E-state index in [2.05, 4.69) is 9.97 Å². The van der Waals surface area contributed by atoms with Gasteiger partial charge < -0.3 is 9.64 Å². The molecule has 1 atom stereocenters. The van der Waals surface area contributed by atoms with Crippen LogP contribution in [-0.2, 0) is 10.0 Å². The third-order valence-electron chi connectivity index (χ3n) is 4.55. The van der Waals surface area contributed by atoms with Crippen LogP contribution in [0, 0.1) is 5.82 Å². The van der Waals surface area contributed by atoms with Crippen LogP contribution in [0.4, 0.5) is 10.2 Å². The molecule has 0 radical (unpaired) electrons. The van der Waals surface area contributed by atoms with E-state index in [1.165, 1.54) is 16.4 Å². The van der Waals surface area contributed by atoms with Gasteiger partial charge in [0.1, 0.15) is 11.9 Å². The Bertz CT molecular complexity index is 872. The van der Waals surface area contributed by atoms with Gasteiger partial charge in [-0.15, -0.1) is 0 Å². The summed E-state index contributed by atoms with van der Waals surface area (Å²) in [5, 5.41) is 0. The van der Waals surface area contributed by atoms with Crippen molar-refractivity contribution >= 4 is 15.8 Å². The molecule has 2 heterocycles. The number of hydrogen-bond donors (Lipinski definition) is 0. The molecule has 3 rings (SSSR count). The molecule has 0 saturated carbocycles. The topological polar surface area (TPSA) is 75.6 Å². The molecule has 2 aromatic rings. The molecule has 27 heavy (non-hydrogen) atoms. The fraction of sp³-hybridized carbons (Fsp3) is 0.444. The quantitative estimate of drug-likeness (QED) is 0.717. The van der Waals surface area contributed by atoms with Crippen LogP contribution in [0.15, 0.2) is 41.6 Å². The van der Waals surface area contributed by atoms with Crippen LogP contribution < -0.4 is 9.64 Å². The van der Waals surface area contributed by atoms with Crippen LogP contribution in [-0.4, -0.2) is 55.0 Å². The number of aromatic nitrogens is 2. The molecule has 0 aliphatic carbocycles. The van der Waals surface area contributed by atoms with Crippen molar-refractivity contribution in [1.29, 1.82) is 0 Å². The summed E-state index contributed by atoms with van der Waals surface area (Å²) in [5.74, 6) is 0.595. The van der Waals surface area contributed by atoms with E-state index < -0.39 is 15.8 Å². The molecule has 1 aliphatic rings. The van der Waals surface area contributed by atoms with Crippen LogP contribution in [0.2, 0.25) is 0 Å².